The summed E-state index contributed by atoms with van der Waals surface area (Å²) < 4.78 is 2.27. The quantitative estimate of drug-likeness (QED) is 0.243. The third-order valence-corrected chi connectivity index (χ3v) is 7.87. The van der Waals surface area contributed by atoms with Crippen LogP contribution in [0, 0.1) is 0 Å². The van der Waals surface area contributed by atoms with Gasteiger partial charge < -0.3 is 0 Å². The highest BCUT2D eigenvalue weighted by molar-refractivity contribution is 6.10. The number of pyridine rings is 3. The van der Waals surface area contributed by atoms with Gasteiger partial charge >= 0.3 is 0 Å². The minimum Gasteiger partial charge on any atom is -0.290 e. The standard InChI is InChI=1S/C31H18N4/c1-2-6-21-17(5-1)11-18-14-24-19(13-23(18)21)12-20-15-28-26(16-25(20)24)34-31-22-7-3-9-32-29(22)30-27(35(28)31)8-4-10-33-30/h1-10,13-16H,11-12H2. The van der Waals surface area contributed by atoms with Crippen LogP contribution in [-0.2, 0) is 12.8 Å². The van der Waals surface area contributed by atoms with Gasteiger partial charge in [0.05, 0.1) is 16.6 Å². The van der Waals surface area contributed by atoms with E-state index in [-0.39, 0.29) is 0 Å². The molecule has 0 fully saturated rings. The lowest BCUT2D eigenvalue weighted by Crippen LogP contribution is -1.94. The Labute approximate surface area is 200 Å². The first-order valence-electron chi connectivity index (χ1n) is 12.0. The van der Waals surface area contributed by atoms with Crippen molar-refractivity contribution < 1.29 is 0 Å². The average molecular weight is 447 g/mol. The monoisotopic (exact) mass is 446 g/mol. The summed E-state index contributed by atoms with van der Waals surface area (Å²) in [5.41, 5.74) is 17.1. The van der Waals surface area contributed by atoms with Crippen LogP contribution in [0.2, 0.25) is 0 Å². The van der Waals surface area contributed by atoms with Crippen molar-refractivity contribution in [1.29, 1.82) is 0 Å². The number of hydrogen-bond acceptors (Lipinski definition) is 3. The number of nitrogens with zero attached hydrogens (tertiary/aromatic N) is 4. The Morgan fingerprint density at radius 2 is 1.29 bits per heavy atom. The van der Waals surface area contributed by atoms with Gasteiger partial charge in [-0.25, -0.2) is 4.98 Å². The number of imidazole rings is 1. The second-order valence-electron chi connectivity index (χ2n) is 9.72. The number of benzene rings is 3. The Morgan fingerprint density at radius 1 is 0.571 bits per heavy atom. The van der Waals surface area contributed by atoms with Gasteiger partial charge in [0, 0.05) is 17.8 Å². The molecule has 2 aliphatic rings. The molecule has 162 valence electrons. The fourth-order valence-corrected chi connectivity index (χ4v) is 6.35. The fourth-order valence-electron chi connectivity index (χ4n) is 6.35. The third-order valence-electron chi connectivity index (χ3n) is 7.87. The summed E-state index contributed by atoms with van der Waals surface area (Å²) in [4.78, 5) is 14.5. The number of hydrogen-bond donors (Lipinski definition) is 0. The maximum Gasteiger partial charge on any atom is 0.148 e. The van der Waals surface area contributed by atoms with Crippen LogP contribution in [0.3, 0.4) is 0 Å². The van der Waals surface area contributed by atoms with E-state index in [9.17, 15) is 0 Å². The van der Waals surface area contributed by atoms with E-state index in [1.807, 2.05) is 24.5 Å². The minimum absolute atomic E-state index is 0.902. The van der Waals surface area contributed by atoms with E-state index in [0.29, 0.717) is 0 Å². The van der Waals surface area contributed by atoms with Gasteiger partial charge in [-0.3, -0.25) is 14.4 Å². The topological polar surface area (TPSA) is 43.1 Å². The first kappa shape index (κ1) is 17.8. The molecule has 0 atom stereocenters. The summed E-state index contributed by atoms with van der Waals surface area (Å²) >= 11 is 0. The molecular weight excluding hydrogens is 428 g/mol. The number of aromatic nitrogens is 4. The number of rotatable bonds is 0. The molecule has 0 spiro atoms. The first-order valence-corrected chi connectivity index (χ1v) is 12.0. The predicted molar refractivity (Wildman–Crippen MR) is 140 cm³/mol. The van der Waals surface area contributed by atoms with Crippen LogP contribution in [-0.4, -0.2) is 19.4 Å². The third kappa shape index (κ3) is 2.20. The Morgan fingerprint density at radius 3 is 2.20 bits per heavy atom. The zero-order valence-electron chi connectivity index (χ0n) is 18.8. The van der Waals surface area contributed by atoms with Gasteiger partial charge in [-0.2, -0.15) is 0 Å². The van der Waals surface area contributed by atoms with Gasteiger partial charge in [0.1, 0.15) is 16.7 Å². The van der Waals surface area contributed by atoms with Crippen molar-refractivity contribution in [3.05, 3.63) is 107 Å². The molecule has 0 amide bonds. The molecule has 0 unspecified atom stereocenters. The zero-order chi connectivity index (χ0) is 22.7. The summed E-state index contributed by atoms with van der Waals surface area (Å²) in [5.74, 6) is 0. The maximum atomic E-state index is 5.14. The van der Waals surface area contributed by atoms with Gasteiger partial charge in [-0.1, -0.05) is 24.3 Å². The van der Waals surface area contributed by atoms with Crippen LogP contribution < -0.4 is 0 Å². The van der Waals surface area contributed by atoms with Crippen LogP contribution in [0.1, 0.15) is 22.3 Å². The van der Waals surface area contributed by atoms with Crippen LogP contribution in [0.25, 0.3) is 60.9 Å². The highest BCUT2D eigenvalue weighted by Gasteiger charge is 2.26. The second-order valence-corrected chi connectivity index (χ2v) is 9.72. The summed E-state index contributed by atoms with van der Waals surface area (Å²) in [5, 5.41) is 1.03. The van der Waals surface area contributed by atoms with E-state index in [1.54, 1.807) is 0 Å². The van der Waals surface area contributed by atoms with Gasteiger partial charge in [0.25, 0.3) is 0 Å². The summed E-state index contributed by atoms with van der Waals surface area (Å²) in [6.07, 6.45) is 5.64. The molecule has 0 saturated carbocycles. The SMILES string of the molecule is c1ccc2c(c1)Cc1cc3c(cc1-2)Cc1cc2c(cc1-3)nc1c3cccnc3c3ncccc3n21. The minimum atomic E-state index is 0.902. The Balaban J connectivity index is 1.33. The van der Waals surface area contributed by atoms with Crippen molar-refractivity contribution in [3.8, 4) is 22.3 Å². The molecule has 3 aromatic carbocycles. The highest BCUT2D eigenvalue weighted by Crippen LogP contribution is 2.46. The Hall–Kier alpha value is -4.57. The molecule has 0 aliphatic heterocycles. The second kappa shape index (κ2) is 6.10. The van der Waals surface area contributed by atoms with Crippen molar-refractivity contribution in [2.75, 3.05) is 0 Å². The van der Waals surface area contributed by atoms with E-state index >= 15 is 0 Å². The predicted octanol–water partition coefficient (Wildman–Crippen LogP) is 6.73. The normalized spacial score (nSPS) is 13.5. The smallest absolute Gasteiger partial charge is 0.148 e. The van der Waals surface area contributed by atoms with Crippen LogP contribution in [0.5, 0.6) is 0 Å². The van der Waals surface area contributed by atoms with Gasteiger partial charge in [0.15, 0.2) is 0 Å². The highest BCUT2D eigenvalue weighted by atomic mass is 15.0. The summed E-state index contributed by atoms with van der Waals surface area (Å²) in [7, 11) is 0. The molecule has 0 N–H and O–H groups in total. The molecule has 9 rings (SSSR count). The number of fused-ring (bicyclic) bond motifs is 14. The summed E-state index contributed by atoms with van der Waals surface area (Å²) in [6.45, 7) is 0. The Kier molecular flexibility index (Phi) is 3.11. The average Bonchev–Trinajstić information content (AvgIpc) is 3.57. The van der Waals surface area contributed by atoms with E-state index in [1.165, 1.54) is 44.5 Å². The Bertz CT molecular complexity index is 2070. The molecule has 4 aromatic heterocycles. The van der Waals surface area contributed by atoms with Crippen LogP contribution in [0.4, 0.5) is 0 Å². The zero-order valence-corrected chi connectivity index (χ0v) is 18.8. The molecule has 35 heavy (non-hydrogen) atoms. The van der Waals surface area contributed by atoms with Gasteiger partial charge in [-0.05, 0) is 106 Å². The molecule has 0 radical (unpaired) electrons. The molecule has 4 heterocycles. The lowest BCUT2D eigenvalue weighted by molar-refractivity contribution is 1.23. The van der Waals surface area contributed by atoms with Crippen molar-refractivity contribution in [2.45, 2.75) is 12.8 Å². The van der Waals surface area contributed by atoms with E-state index in [4.69, 9.17) is 9.97 Å². The van der Waals surface area contributed by atoms with Crippen molar-refractivity contribution in [1.82, 2.24) is 19.4 Å². The van der Waals surface area contributed by atoms with Crippen LogP contribution >= 0.6 is 0 Å². The summed E-state index contributed by atoms with van der Waals surface area (Å²) in [6, 6.07) is 26.5. The molecule has 2 aliphatic carbocycles. The first-order chi connectivity index (χ1) is 17.3. The lowest BCUT2D eigenvalue weighted by Gasteiger charge is -2.07. The van der Waals surface area contributed by atoms with Crippen LogP contribution in [0.15, 0.2) is 85.2 Å². The largest absolute Gasteiger partial charge is 0.290 e. The lowest BCUT2D eigenvalue weighted by atomic mass is 9.98. The van der Waals surface area contributed by atoms with Gasteiger partial charge in [0.2, 0.25) is 0 Å². The van der Waals surface area contributed by atoms with E-state index in [2.05, 4.69) is 70.0 Å². The molecular formula is C31H18N4. The molecule has 4 heteroatoms. The van der Waals surface area contributed by atoms with Crippen molar-refractivity contribution in [2.24, 2.45) is 0 Å². The molecule has 4 nitrogen and oxygen atoms in total. The maximum absolute atomic E-state index is 5.14. The molecule has 0 saturated heterocycles. The van der Waals surface area contributed by atoms with E-state index in [0.717, 1.165) is 51.5 Å². The van der Waals surface area contributed by atoms with Crippen molar-refractivity contribution >= 4 is 38.6 Å². The van der Waals surface area contributed by atoms with E-state index < -0.39 is 0 Å². The molecule has 7 aromatic rings. The van der Waals surface area contributed by atoms with Crippen molar-refractivity contribution in [3.63, 3.8) is 0 Å². The van der Waals surface area contributed by atoms with Gasteiger partial charge in [-0.15, -0.1) is 0 Å². The fraction of sp³-hybridized carbons (Fsp3) is 0.0645. The molecule has 0 bridgehead atoms.